The van der Waals surface area contributed by atoms with Crippen LogP contribution in [-0.4, -0.2) is 20.1 Å². The maximum Gasteiger partial charge on any atom is 0.400 e. The zero-order valence-electron chi connectivity index (χ0n) is 11.3. The molecule has 112 valence electrons. The van der Waals surface area contributed by atoms with Crippen molar-refractivity contribution in [3.05, 3.63) is 46.0 Å². The maximum absolute atomic E-state index is 10.7. The Hall–Kier alpha value is -3.29. The van der Waals surface area contributed by atoms with Crippen molar-refractivity contribution in [1.82, 2.24) is 4.98 Å². The number of benzene rings is 2. The molecular formula is C14H10N2O6. The van der Waals surface area contributed by atoms with Gasteiger partial charge in [0, 0.05) is 12.1 Å². The predicted molar refractivity (Wildman–Crippen MR) is 75.2 cm³/mol. The Labute approximate surface area is 123 Å². The third kappa shape index (κ3) is 2.37. The van der Waals surface area contributed by atoms with Gasteiger partial charge in [-0.05, 0) is 24.6 Å². The number of aryl methyl sites for hydroxylation is 1. The lowest BCUT2D eigenvalue weighted by Crippen LogP contribution is -1.86. The molecule has 2 aromatic carbocycles. The summed E-state index contributed by atoms with van der Waals surface area (Å²) >= 11 is 0. The average molecular weight is 302 g/mol. The Morgan fingerprint density at radius 1 is 1.23 bits per heavy atom. The number of nitro groups is 1. The van der Waals surface area contributed by atoms with Gasteiger partial charge in [-0.15, -0.1) is 0 Å². The number of phenols is 2. The van der Waals surface area contributed by atoms with Gasteiger partial charge in [0.15, 0.2) is 17.1 Å². The second kappa shape index (κ2) is 4.92. The molecule has 0 amide bonds. The van der Waals surface area contributed by atoms with E-state index in [1.807, 2.05) is 0 Å². The van der Waals surface area contributed by atoms with Gasteiger partial charge in [0.25, 0.3) is 5.69 Å². The number of phenolic OH excluding ortho intramolecular Hbond substituents is 2. The predicted octanol–water partition coefficient (Wildman–Crippen LogP) is 3.25. The van der Waals surface area contributed by atoms with Gasteiger partial charge in [0.05, 0.1) is 11.0 Å². The van der Waals surface area contributed by atoms with Crippen LogP contribution in [0.4, 0.5) is 5.69 Å². The molecule has 0 aliphatic rings. The molecule has 3 aromatic rings. The number of oxazole rings is 1. The van der Waals surface area contributed by atoms with Crippen LogP contribution in [0, 0.1) is 17.0 Å². The molecule has 8 heteroatoms. The highest BCUT2D eigenvalue weighted by Crippen LogP contribution is 2.36. The van der Waals surface area contributed by atoms with Crippen LogP contribution in [0.25, 0.3) is 11.1 Å². The molecule has 2 N–H and O–H groups in total. The summed E-state index contributed by atoms with van der Waals surface area (Å²) in [5, 5.41) is 30.1. The fraction of sp³-hybridized carbons (Fsp3) is 0.0714. The highest BCUT2D eigenvalue weighted by atomic mass is 16.6. The fourth-order valence-electron chi connectivity index (χ4n) is 1.89. The van der Waals surface area contributed by atoms with Gasteiger partial charge in [-0.2, -0.15) is 4.98 Å². The number of nitrogens with zero attached hydrogens (tertiary/aromatic N) is 2. The first-order chi connectivity index (χ1) is 10.4. The lowest BCUT2D eigenvalue weighted by molar-refractivity contribution is -0.384. The third-order valence-corrected chi connectivity index (χ3v) is 3.04. The first-order valence-corrected chi connectivity index (χ1v) is 6.19. The first kappa shape index (κ1) is 13.7. The molecule has 0 radical (unpaired) electrons. The number of hydrogen-bond donors (Lipinski definition) is 2. The molecule has 0 aliphatic heterocycles. The molecule has 22 heavy (non-hydrogen) atoms. The molecule has 3 rings (SSSR count). The van der Waals surface area contributed by atoms with E-state index < -0.39 is 4.92 Å². The number of aromatic hydroxyl groups is 2. The van der Waals surface area contributed by atoms with E-state index in [0.29, 0.717) is 11.1 Å². The summed E-state index contributed by atoms with van der Waals surface area (Å²) in [6, 6.07) is 6.50. The Morgan fingerprint density at radius 2 is 2.00 bits per heavy atom. The molecule has 8 nitrogen and oxygen atoms in total. The van der Waals surface area contributed by atoms with Crippen LogP contribution in [0.1, 0.15) is 5.56 Å². The van der Waals surface area contributed by atoms with E-state index in [0.717, 1.165) is 0 Å². The minimum absolute atomic E-state index is 0.0378. The van der Waals surface area contributed by atoms with E-state index in [1.165, 1.54) is 30.3 Å². The van der Waals surface area contributed by atoms with E-state index in [4.69, 9.17) is 9.15 Å². The van der Waals surface area contributed by atoms with Crippen LogP contribution in [0.5, 0.6) is 23.3 Å². The van der Waals surface area contributed by atoms with Crippen molar-refractivity contribution >= 4 is 16.8 Å². The van der Waals surface area contributed by atoms with E-state index in [2.05, 4.69) is 4.98 Å². The standard InChI is InChI=1S/C14H10N2O6/c1-7-4-11(18)13(6-10(7)17)22-14-15-9-3-2-8(16(19)20)5-12(9)21-14/h2-6,17-18H,1H3. The Balaban J connectivity index is 1.97. The lowest BCUT2D eigenvalue weighted by Gasteiger charge is -2.06. The minimum atomic E-state index is -0.549. The summed E-state index contributed by atoms with van der Waals surface area (Å²) in [4.78, 5) is 14.2. The van der Waals surface area contributed by atoms with Crippen LogP contribution in [-0.2, 0) is 0 Å². The summed E-state index contributed by atoms with van der Waals surface area (Å²) in [6.07, 6.45) is -0.200. The summed E-state index contributed by atoms with van der Waals surface area (Å²) in [5.74, 6) is -0.285. The van der Waals surface area contributed by atoms with E-state index >= 15 is 0 Å². The summed E-state index contributed by atoms with van der Waals surface area (Å²) in [6.45, 7) is 1.62. The maximum atomic E-state index is 10.7. The number of hydrogen-bond acceptors (Lipinski definition) is 7. The zero-order valence-corrected chi connectivity index (χ0v) is 11.3. The zero-order chi connectivity index (χ0) is 15.9. The number of ether oxygens (including phenoxy) is 1. The summed E-state index contributed by atoms with van der Waals surface area (Å²) in [7, 11) is 0. The van der Waals surface area contributed by atoms with Crippen molar-refractivity contribution in [2.45, 2.75) is 6.92 Å². The first-order valence-electron chi connectivity index (χ1n) is 6.19. The Morgan fingerprint density at radius 3 is 2.73 bits per heavy atom. The quantitative estimate of drug-likeness (QED) is 0.433. The normalized spacial score (nSPS) is 10.8. The highest BCUT2D eigenvalue weighted by Gasteiger charge is 2.15. The van der Waals surface area contributed by atoms with Crippen LogP contribution >= 0.6 is 0 Å². The van der Waals surface area contributed by atoms with Gasteiger partial charge in [-0.25, -0.2) is 0 Å². The van der Waals surface area contributed by atoms with Crippen LogP contribution in [0.15, 0.2) is 34.7 Å². The SMILES string of the molecule is Cc1cc(O)c(Oc2nc3ccc([N+](=O)[O-])cc3o2)cc1O. The monoisotopic (exact) mass is 302 g/mol. The number of rotatable bonds is 3. The second-order valence-electron chi connectivity index (χ2n) is 4.60. The number of nitro benzene ring substituents is 1. The van der Waals surface area contributed by atoms with Gasteiger partial charge in [0.1, 0.15) is 11.3 Å². The molecule has 0 unspecified atom stereocenters. The van der Waals surface area contributed by atoms with Crippen molar-refractivity contribution in [2.75, 3.05) is 0 Å². The Kier molecular flexibility index (Phi) is 3.06. The molecule has 0 bridgehead atoms. The summed E-state index contributed by atoms with van der Waals surface area (Å²) in [5.41, 5.74) is 0.903. The molecule has 1 aromatic heterocycles. The van der Waals surface area contributed by atoms with E-state index in [9.17, 15) is 20.3 Å². The molecule has 0 atom stereocenters. The number of aromatic nitrogens is 1. The van der Waals surface area contributed by atoms with Gasteiger partial charge in [-0.1, -0.05) is 0 Å². The highest BCUT2D eigenvalue weighted by molar-refractivity contribution is 5.76. The molecule has 0 saturated carbocycles. The topological polar surface area (TPSA) is 119 Å². The molecule has 0 aliphatic carbocycles. The summed E-state index contributed by atoms with van der Waals surface area (Å²) < 4.78 is 10.5. The van der Waals surface area contributed by atoms with Crippen LogP contribution in [0.3, 0.4) is 0 Å². The van der Waals surface area contributed by atoms with Crippen molar-refractivity contribution in [2.24, 2.45) is 0 Å². The van der Waals surface area contributed by atoms with Gasteiger partial charge in [-0.3, -0.25) is 10.1 Å². The minimum Gasteiger partial charge on any atom is -0.508 e. The van der Waals surface area contributed by atoms with Crippen LogP contribution < -0.4 is 4.74 Å². The third-order valence-electron chi connectivity index (χ3n) is 3.04. The lowest BCUT2D eigenvalue weighted by atomic mass is 10.2. The number of non-ortho nitro benzene ring substituents is 1. The molecule has 1 heterocycles. The largest absolute Gasteiger partial charge is 0.508 e. The van der Waals surface area contributed by atoms with Crippen molar-refractivity contribution < 1.29 is 24.3 Å². The van der Waals surface area contributed by atoms with Crippen molar-refractivity contribution in [3.8, 4) is 23.3 Å². The smallest absolute Gasteiger partial charge is 0.400 e. The van der Waals surface area contributed by atoms with Crippen LogP contribution in [0.2, 0.25) is 0 Å². The molecule has 0 spiro atoms. The van der Waals surface area contributed by atoms with Gasteiger partial charge in [0.2, 0.25) is 0 Å². The van der Waals surface area contributed by atoms with Gasteiger partial charge >= 0.3 is 6.08 Å². The average Bonchev–Trinajstić information content (AvgIpc) is 2.85. The second-order valence-corrected chi connectivity index (χ2v) is 4.60. The van der Waals surface area contributed by atoms with E-state index in [1.54, 1.807) is 6.92 Å². The van der Waals surface area contributed by atoms with Crippen molar-refractivity contribution in [3.63, 3.8) is 0 Å². The Bertz CT molecular complexity index is 886. The molecular weight excluding hydrogens is 292 g/mol. The fourth-order valence-corrected chi connectivity index (χ4v) is 1.89. The van der Waals surface area contributed by atoms with E-state index in [-0.39, 0.29) is 34.6 Å². The number of fused-ring (bicyclic) bond motifs is 1. The molecule has 0 fully saturated rings. The molecule has 0 saturated heterocycles. The van der Waals surface area contributed by atoms with Gasteiger partial charge < -0.3 is 19.4 Å². The van der Waals surface area contributed by atoms with Crippen molar-refractivity contribution in [1.29, 1.82) is 0 Å².